The van der Waals surface area contributed by atoms with Gasteiger partial charge in [-0.1, -0.05) is 6.07 Å². The molecule has 2 amide bonds. The molecule has 0 aliphatic carbocycles. The monoisotopic (exact) mass is 592 g/mol. The van der Waals surface area contributed by atoms with Gasteiger partial charge in [0.1, 0.15) is 17.1 Å². The summed E-state index contributed by atoms with van der Waals surface area (Å²) in [5.74, 6) is -0.552. The molecule has 228 valence electrons. The number of carbonyl (C=O) groups excluding carboxylic acids is 2. The fourth-order valence-electron chi connectivity index (χ4n) is 3.61. The summed E-state index contributed by atoms with van der Waals surface area (Å²) in [4.78, 5) is 29.8. The molecule has 1 aromatic carbocycles. The quantitative estimate of drug-likeness (QED) is 0.101. The highest BCUT2D eigenvalue weighted by molar-refractivity contribution is 5.96. The molecule has 1 heterocycles. The maximum atomic E-state index is 13.1. The predicted molar refractivity (Wildman–Crippen MR) is 155 cm³/mol. The van der Waals surface area contributed by atoms with E-state index in [0.29, 0.717) is 22.7 Å². The number of likely N-dealkylation sites (N-methyl/N-ethyl adjacent to an activating group) is 2. The standard InChI is InChI=1S/C26H35F3N10O3/c1-33-12-14(23(32)26(27,28)29)13-39(4)25(41)18-10-9-16(37-38-18)15-7-6-8-17(22(15)42-5)36-19(11-20(30)34-2)21(31)24(40)35-3/h6-12,34,36-38H,13,30-32H2,1-5H3,(H,35,40)/b20-11+,21-19+,23-14+,33-12?. The summed E-state index contributed by atoms with van der Waals surface area (Å²) in [6.45, 7) is -0.430. The third kappa shape index (κ3) is 8.12. The van der Waals surface area contributed by atoms with E-state index < -0.39 is 30.2 Å². The Kier molecular flexibility index (Phi) is 11.3. The molecule has 0 saturated heterocycles. The molecule has 1 aliphatic heterocycles. The van der Waals surface area contributed by atoms with Crippen LogP contribution >= 0.6 is 0 Å². The van der Waals surface area contributed by atoms with Crippen molar-refractivity contribution in [2.75, 3.05) is 47.2 Å². The van der Waals surface area contributed by atoms with Crippen LogP contribution in [0, 0.1) is 0 Å². The average Bonchev–Trinajstić information content (AvgIpc) is 2.98. The van der Waals surface area contributed by atoms with E-state index in [-0.39, 0.29) is 28.5 Å². The van der Waals surface area contributed by atoms with Gasteiger partial charge in [-0.15, -0.1) is 0 Å². The van der Waals surface area contributed by atoms with Gasteiger partial charge in [0.25, 0.3) is 11.8 Å². The maximum Gasteiger partial charge on any atom is 0.431 e. The summed E-state index contributed by atoms with van der Waals surface area (Å²) < 4.78 is 45.0. The van der Waals surface area contributed by atoms with Crippen molar-refractivity contribution in [1.82, 2.24) is 26.4 Å². The molecular weight excluding hydrogens is 557 g/mol. The number of alkyl halides is 3. The highest BCUT2D eigenvalue weighted by Gasteiger charge is 2.34. The van der Waals surface area contributed by atoms with Crippen LogP contribution in [0.2, 0.25) is 0 Å². The van der Waals surface area contributed by atoms with Crippen LogP contribution in [0.3, 0.4) is 0 Å². The molecule has 0 fully saturated rings. The zero-order valence-electron chi connectivity index (χ0n) is 23.7. The summed E-state index contributed by atoms with van der Waals surface area (Å²) >= 11 is 0. The zero-order valence-corrected chi connectivity index (χ0v) is 23.7. The van der Waals surface area contributed by atoms with Crippen LogP contribution in [-0.4, -0.2) is 71.0 Å². The number of nitrogens with zero attached hydrogens (tertiary/aromatic N) is 2. The highest BCUT2D eigenvalue weighted by atomic mass is 19.4. The van der Waals surface area contributed by atoms with E-state index in [1.165, 1.54) is 40.4 Å². The normalized spacial score (nSPS) is 14.8. The van der Waals surface area contributed by atoms with Gasteiger partial charge in [0.2, 0.25) is 0 Å². The lowest BCUT2D eigenvalue weighted by atomic mass is 10.1. The number of hydrogen-bond acceptors (Lipinski definition) is 11. The number of halogens is 3. The SMILES string of the molecule is CN=C/C(CN(C)C(=O)C1=CC=C(c2cccc(NC(/C=C(\N)NC)=C(/N)C(=O)NC)c2OC)NN1)=C(\N)C(F)(F)F. The summed E-state index contributed by atoms with van der Waals surface area (Å²) in [6, 6.07) is 5.15. The molecular formula is C26H35F3N10O3. The van der Waals surface area contributed by atoms with Crippen molar-refractivity contribution in [2.45, 2.75) is 6.18 Å². The average molecular weight is 593 g/mol. The second-order valence-electron chi connectivity index (χ2n) is 8.66. The number of para-hydroxylation sites is 1. The number of hydrogen-bond donors (Lipinski definition) is 8. The van der Waals surface area contributed by atoms with E-state index in [1.807, 2.05) is 0 Å². The topological polar surface area (TPSA) is 197 Å². The molecule has 0 unspecified atom stereocenters. The van der Waals surface area contributed by atoms with Crippen molar-refractivity contribution in [3.63, 3.8) is 0 Å². The number of hydrazine groups is 1. The lowest BCUT2D eigenvalue weighted by Crippen LogP contribution is -2.41. The minimum absolute atomic E-state index is 0.0594. The predicted octanol–water partition coefficient (Wildman–Crippen LogP) is 0.310. The molecule has 0 aromatic heterocycles. The summed E-state index contributed by atoms with van der Waals surface area (Å²) in [5.41, 5.74) is 22.7. The summed E-state index contributed by atoms with van der Waals surface area (Å²) in [6.07, 6.45) is 0.681. The van der Waals surface area contributed by atoms with Gasteiger partial charge in [-0.05, 0) is 24.3 Å². The number of anilines is 1. The van der Waals surface area contributed by atoms with Gasteiger partial charge in [-0.25, -0.2) is 0 Å². The van der Waals surface area contributed by atoms with Crippen LogP contribution < -0.4 is 48.7 Å². The van der Waals surface area contributed by atoms with Crippen molar-refractivity contribution in [1.29, 1.82) is 0 Å². The molecule has 1 aromatic rings. The van der Waals surface area contributed by atoms with Crippen LogP contribution in [0.15, 0.2) is 75.6 Å². The molecule has 0 saturated carbocycles. The van der Waals surface area contributed by atoms with Crippen LogP contribution in [0.4, 0.5) is 18.9 Å². The lowest BCUT2D eigenvalue weighted by Gasteiger charge is -2.25. The number of benzene rings is 1. The molecule has 11 N–H and O–H groups in total. The first kappa shape index (κ1) is 32.9. The Balaban J connectivity index is 2.41. The van der Waals surface area contributed by atoms with Gasteiger partial charge in [0, 0.05) is 58.2 Å². The summed E-state index contributed by atoms with van der Waals surface area (Å²) in [7, 11) is 7.12. The lowest BCUT2D eigenvalue weighted by molar-refractivity contribution is -0.126. The third-order valence-electron chi connectivity index (χ3n) is 5.80. The van der Waals surface area contributed by atoms with Gasteiger partial charge in [0.15, 0.2) is 5.75 Å². The van der Waals surface area contributed by atoms with E-state index in [1.54, 1.807) is 31.3 Å². The number of carbonyl (C=O) groups is 2. The van der Waals surface area contributed by atoms with E-state index in [4.69, 9.17) is 21.9 Å². The number of aliphatic imine (C=N–C) groups is 1. The van der Waals surface area contributed by atoms with Crippen LogP contribution in [0.5, 0.6) is 5.75 Å². The second-order valence-corrected chi connectivity index (χ2v) is 8.66. The largest absolute Gasteiger partial charge is 0.494 e. The molecule has 13 nitrogen and oxygen atoms in total. The Bertz CT molecular complexity index is 1380. The molecule has 0 atom stereocenters. The molecule has 2 rings (SSSR count). The van der Waals surface area contributed by atoms with Crippen molar-refractivity contribution in [3.8, 4) is 5.75 Å². The molecule has 16 heteroatoms. The van der Waals surface area contributed by atoms with Crippen LogP contribution in [0.1, 0.15) is 5.56 Å². The maximum absolute atomic E-state index is 13.1. The number of nitrogens with one attached hydrogen (secondary N) is 5. The number of methoxy groups -OCH3 is 1. The Labute approximate surface area is 241 Å². The van der Waals surface area contributed by atoms with Crippen molar-refractivity contribution in [3.05, 3.63) is 76.2 Å². The van der Waals surface area contributed by atoms with Gasteiger partial charge in [-0.3, -0.25) is 25.4 Å². The van der Waals surface area contributed by atoms with E-state index in [9.17, 15) is 22.8 Å². The number of rotatable bonds is 11. The fourth-order valence-corrected chi connectivity index (χ4v) is 3.61. The minimum Gasteiger partial charge on any atom is -0.494 e. The second kappa shape index (κ2) is 14.4. The van der Waals surface area contributed by atoms with E-state index >= 15 is 0 Å². The van der Waals surface area contributed by atoms with Crippen LogP contribution in [-0.2, 0) is 9.59 Å². The van der Waals surface area contributed by atoms with E-state index in [2.05, 4.69) is 31.8 Å². The number of allylic oxidation sites excluding steroid dienone is 4. The molecule has 0 bridgehead atoms. The van der Waals surface area contributed by atoms with Crippen LogP contribution in [0.25, 0.3) is 5.70 Å². The van der Waals surface area contributed by atoms with E-state index in [0.717, 1.165) is 11.1 Å². The highest BCUT2D eigenvalue weighted by Crippen LogP contribution is 2.34. The first-order valence-electron chi connectivity index (χ1n) is 12.3. The fraction of sp³-hybridized carbons (Fsp3) is 0.269. The number of nitrogens with two attached hydrogens (primary N) is 3. The van der Waals surface area contributed by atoms with Gasteiger partial charge >= 0.3 is 6.18 Å². The summed E-state index contributed by atoms with van der Waals surface area (Å²) in [5, 5.41) is 8.26. The molecule has 1 aliphatic rings. The zero-order chi connectivity index (χ0) is 31.6. The van der Waals surface area contributed by atoms with Crippen molar-refractivity contribution >= 4 is 29.4 Å². The smallest absolute Gasteiger partial charge is 0.431 e. The number of amides is 2. The van der Waals surface area contributed by atoms with Gasteiger partial charge < -0.3 is 42.8 Å². The Morgan fingerprint density at radius 2 is 1.81 bits per heavy atom. The molecule has 42 heavy (non-hydrogen) atoms. The Hall–Kier alpha value is -5.28. The van der Waals surface area contributed by atoms with Crippen molar-refractivity contribution < 1.29 is 27.5 Å². The number of ether oxygens (including phenoxy) is 1. The van der Waals surface area contributed by atoms with Crippen molar-refractivity contribution in [2.24, 2.45) is 22.2 Å². The minimum atomic E-state index is -4.77. The van der Waals surface area contributed by atoms with Gasteiger partial charge in [-0.2, -0.15) is 13.2 Å². The third-order valence-corrected chi connectivity index (χ3v) is 5.80. The first-order valence-corrected chi connectivity index (χ1v) is 12.3. The Morgan fingerprint density at radius 1 is 1.12 bits per heavy atom. The molecule has 0 radical (unpaired) electrons. The molecule has 0 spiro atoms. The van der Waals surface area contributed by atoms with Gasteiger partial charge in [0.05, 0.1) is 30.0 Å². The first-order chi connectivity index (χ1) is 19.8. The Morgan fingerprint density at radius 3 is 2.33 bits per heavy atom.